The van der Waals surface area contributed by atoms with Crippen molar-refractivity contribution in [1.29, 1.82) is 0 Å². The van der Waals surface area contributed by atoms with Crippen molar-refractivity contribution >= 4 is 34.2 Å². The molecule has 0 N–H and O–H groups in total. The van der Waals surface area contributed by atoms with Gasteiger partial charge in [0.1, 0.15) is 17.0 Å². The fourth-order valence-corrected chi connectivity index (χ4v) is 3.56. The molecule has 2 heterocycles. The third-order valence-electron chi connectivity index (χ3n) is 4.55. The average Bonchev–Trinajstić information content (AvgIpc) is 3.37. The minimum Gasteiger partial charge on any atom is -0.443 e. The molecular weight excluding hydrogens is 414 g/mol. The Hall–Kier alpha value is -3.22. The van der Waals surface area contributed by atoms with Crippen LogP contribution in [0.15, 0.2) is 71.5 Å². The molecule has 0 unspecified atom stereocenters. The molecule has 0 radical (unpaired) electrons. The van der Waals surface area contributed by atoms with Crippen molar-refractivity contribution in [2.24, 2.45) is 0 Å². The van der Waals surface area contributed by atoms with E-state index in [0.29, 0.717) is 27.6 Å². The fourth-order valence-electron chi connectivity index (χ4n) is 3.16. The summed E-state index contributed by atoms with van der Waals surface area (Å²) in [4.78, 5) is 4.29. The Morgan fingerprint density at radius 2 is 1.72 bits per heavy atom. The summed E-state index contributed by atoms with van der Waals surface area (Å²) in [6, 6.07) is 17.4. The molecule has 0 atom stereocenters. The molecule has 0 saturated carbocycles. The van der Waals surface area contributed by atoms with Gasteiger partial charge in [0.2, 0.25) is 0 Å². The summed E-state index contributed by atoms with van der Waals surface area (Å²) in [7, 11) is 0. The van der Waals surface area contributed by atoms with Gasteiger partial charge in [0.05, 0.1) is 21.2 Å². The van der Waals surface area contributed by atoms with Crippen molar-refractivity contribution in [2.45, 2.75) is 0 Å². The van der Waals surface area contributed by atoms with Gasteiger partial charge in [0.15, 0.2) is 12.2 Å². The molecule has 0 amide bonds. The molecule has 5 rings (SSSR count). The third-order valence-corrected chi connectivity index (χ3v) is 5.16. The van der Waals surface area contributed by atoms with Crippen LogP contribution >= 0.6 is 23.2 Å². The van der Waals surface area contributed by atoms with Crippen molar-refractivity contribution in [1.82, 2.24) is 20.0 Å². The molecule has 0 spiro atoms. The predicted octanol–water partition coefficient (Wildman–Crippen LogP) is 6.19. The zero-order chi connectivity index (χ0) is 20.0. The summed E-state index contributed by atoms with van der Waals surface area (Å²) in [5.41, 5.74) is 4.16. The lowest BCUT2D eigenvalue weighted by atomic mass is 10.1. The van der Waals surface area contributed by atoms with Gasteiger partial charge in [-0.2, -0.15) is 0 Å². The number of benzene rings is 3. The second kappa shape index (κ2) is 6.99. The van der Waals surface area contributed by atoms with E-state index in [4.69, 9.17) is 27.6 Å². The van der Waals surface area contributed by atoms with E-state index >= 15 is 0 Å². The van der Waals surface area contributed by atoms with Crippen molar-refractivity contribution in [3.63, 3.8) is 0 Å². The molecule has 142 valence electrons. The molecule has 3 aromatic carbocycles. The van der Waals surface area contributed by atoms with Crippen LogP contribution in [-0.2, 0) is 0 Å². The molecule has 29 heavy (non-hydrogen) atoms. The molecule has 0 fully saturated rings. The van der Waals surface area contributed by atoms with Crippen LogP contribution in [0, 0.1) is 5.82 Å². The number of hydrogen-bond acceptors (Lipinski definition) is 4. The second-order valence-corrected chi connectivity index (χ2v) is 7.13. The van der Waals surface area contributed by atoms with Gasteiger partial charge in [-0.3, -0.25) is 0 Å². The summed E-state index contributed by atoms with van der Waals surface area (Å²) in [6.07, 6.45) is 1.34. The predicted molar refractivity (Wildman–Crippen MR) is 110 cm³/mol. The fraction of sp³-hybridized carbons (Fsp3) is 0. The SMILES string of the molecule is Fc1ccc(-c2ncoc2-c2ccc3nnn(-c4ccccc4Cl)c3c2)cc1Cl. The number of nitrogens with zero attached hydrogens (tertiary/aromatic N) is 4. The van der Waals surface area contributed by atoms with Crippen LogP contribution in [0.1, 0.15) is 0 Å². The topological polar surface area (TPSA) is 56.7 Å². The van der Waals surface area contributed by atoms with Gasteiger partial charge in [-0.25, -0.2) is 14.1 Å². The molecule has 0 aliphatic carbocycles. The van der Waals surface area contributed by atoms with E-state index in [1.165, 1.54) is 18.5 Å². The lowest BCUT2D eigenvalue weighted by Crippen LogP contribution is -1.97. The molecular formula is C21H11Cl2FN4O. The Morgan fingerprint density at radius 1 is 0.897 bits per heavy atom. The van der Waals surface area contributed by atoms with Gasteiger partial charge >= 0.3 is 0 Å². The molecule has 2 aromatic heterocycles. The molecule has 0 aliphatic rings. The molecule has 8 heteroatoms. The highest BCUT2D eigenvalue weighted by Gasteiger charge is 2.17. The van der Waals surface area contributed by atoms with E-state index in [9.17, 15) is 4.39 Å². The van der Waals surface area contributed by atoms with Crippen LogP contribution in [0.3, 0.4) is 0 Å². The van der Waals surface area contributed by atoms with Crippen LogP contribution in [-0.4, -0.2) is 20.0 Å². The Bertz CT molecular complexity index is 1360. The number of oxazole rings is 1. The number of hydrogen-bond donors (Lipinski definition) is 0. The van der Waals surface area contributed by atoms with E-state index in [-0.39, 0.29) is 5.02 Å². The van der Waals surface area contributed by atoms with E-state index in [2.05, 4.69) is 15.3 Å². The summed E-state index contributed by atoms with van der Waals surface area (Å²) < 4.78 is 20.9. The molecule has 5 nitrogen and oxygen atoms in total. The van der Waals surface area contributed by atoms with Crippen LogP contribution in [0.2, 0.25) is 10.0 Å². The van der Waals surface area contributed by atoms with Gasteiger partial charge < -0.3 is 4.42 Å². The Balaban J connectivity index is 1.66. The van der Waals surface area contributed by atoms with Crippen LogP contribution in [0.5, 0.6) is 0 Å². The summed E-state index contributed by atoms with van der Waals surface area (Å²) in [6.45, 7) is 0. The lowest BCUT2D eigenvalue weighted by Gasteiger charge is -2.06. The zero-order valence-electron chi connectivity index (χ0n) is 14.7. The maximum atomic E-state index is 13.5. The van der Waals surface area contributed by atoms with Gasteiger partial charge in [-0.1, -0.05) is 40.5 Å². The van der Waals surface area contributed by atoms with E-state index in [1.807, 2.05) is 36.4 Å². The van der Waals surface area contributed by atoms with Crippen molar-refractivity contribution < 1.29 is 8.81 Å². The number of halogens is 3. The smallest absolute Gasteiger partial charge is 0.182 e. The number of fused-ring (bicyclic) bond motifs is 1. The first kappa shape index (κ1) is 17.8. The summed E-state index contributed by atoms with van der Waals surface area (Å²) >= 11 is 12.3. The highest BCUT2D eigenvalue weighted by Crippen LogP contribution is 2.34. The minimum absolute atomic E-state index is 0.0212. The monoisotopic (exact) mass is 424 g/mol. The largest absolute Gasteiger partial charge is 0.443 e. The van der Waals surface area contributed by atoms with Gasteiger partial charge in [0.25, 0.3) is 0 Å². The Labute approximate surface area is 174 Å². The highest BCUT2D eigenvalue weighted by atomic mass is 35.5. The molecule has 5 aromatic rings. The second-order valence-electron chi connectivity index (χ2n) is 6.32. The number of para-hydroxylation sites is 1. The standard InChI is InChI=1S/C21H11Cl2FN4O/c22-14-3-1-2-4-18(14)28-19-10-13(6-8-17(19)26-27-28)21-20(25-11-29-21)12-5-7-16(24)15(23)9-12/h1-11H. The normalized spacial score (nSPS) is 11.3. The third kappa shape index (κ3) is 3.06. The first-order chi connectivity index (χ1) is 14.1. The van der Waals surface area contributed by atoms with Crippen LogP contribution in [0.4, 0.5) is 4.39 Å². The first-order valence-electron chi connectivity index (χ1n) is 8.61. The maximum absolute atomic E-state index is 13.5. The Kier molecular flexibility index (Phi) is 4.30. The molecule has 0 aliphatic heterocycles. The number of rotatable bonds is 3. The lowest BCUT2D eigenvalue weighted by molar-refractivity contribution is 0.572. The summed E-state index contributed by atoms with van der Waals surface area (Å²) in [5.74, 6) is 0.0399. The van der Waals surface area contributed by atoms with Crippen molar-refractivity contribution in [3.05, 3.63) is 82.9 Å². The average molecular weight is 425 g/mol. The maximum Gasteiger partial charge on any atom is 0.182 e. The number of aromatic nitrogens is 4. The van der Waals surface area contributed by atoms with Crippen LogP contribution < -0.4 is 0 Å². The van der Waals surface area contributed by atoms with Gasteiger partial charge in [0, 0.05) is 11.1 Å². The summed E-state index contributed by atoms with van der Waals surface area (Å²) in [5, 5.41) is 9.02. The zero-order valence-corrected chi connectivity index (χ0v) is 16.2. The minimum atomic E-state index is -0.489. The van der Waals surface area contributed by atoms with Crippen LogP contribution in [0.25, 0.3) is 39.3 Å². The van der Waals surface area contributed by atoms with Gasteiger partial charge in [-0.05, 0) is 48.5 Å². The molecule has 0 saturated heterocycles. The first-order valence-corrected chi connectivity index (χ1v) is 9.37. The Morgan fingerprint density at radius 3 is 2.55 bits per heavy atom. The highest BCUT2D eigenvalue weighted by molar-refractivity contribution is 6.32. The van der Waals surface area contributed by atoms with Gasteiger partial charge in [-0.15, -0.1) is 5.10 Å². The van der Waals surface area contributed by atoms with E-state index < -0.39 is 5.82 Å². The molecule has 0 bridgehead atoms. The van der Waals surface area contributed by atoms with E-state index in [0.717, 1.165) is 16.8 Å². The van der Waals surface area contributed by atoms with Crippen molar-refractivity contribution in [2.75, 3.05) is 0 Å². The quantitative estimate of drug-likeness (QED) is 0.346. The van der Waals surface area contributed by atoms with E-state index in [1.54, 1.807) is 16.8 Å². The van der Waals surface area contributed by atoms with Crippen molar-refractivity contribution in [3.8, 4) is 28.3 Å².